The summed E-state index contributed by atoms with van der Waals surface area (Å²) >= 11 is 0. The van der Waals surface area contributed by atoms with Crippen molar-refractivity contribution in [2.24, 2.45) is 0 Å². The second-order valence-corrected chi connectivity index (χ2v) is 3.81. The van der Waals surface area contributed by atoms with E-state index in [1.807, 2.05) is 13.0 Å². The highest BCUT2D eigenvalue weighted by Gasteiger charge is 2.05. The van der Waals surface area contributed by atoms with E-state index in [1.54, 1.807) is 25.3 Å². The molecule has 5 nitrogen and oxygen atoms in total. The molecular formula is C13H13N3O2. The Balaban J connectivity index is 2.15. The summed E-state index contributed by atoms with van der Waals surface area (Å²) < 4.78 is 10.1. The Hall–Kier alpha value is -2.48. The van der Waals surface area contributed by atoms with Crippen LogP contribution < -0.4 is 10.1 Å². The number of aryl methyl sites for hydroxylation is 1. The van der Waals surface area contributed by atoms with Gasteiger partial charge in [-0.25, -0.2) is 0 Å². The monoisotopic (exact) mass is 243 g/mol. The highest BCUT2D eigenvalue weighted by molar-refractivity contribution is 5.60. The van der Waals surface area contributed by atoms with Crippen LogP contribution in [0.25, 0.3) is 0 Å². The Morgan fingerprint density at radius 3 is 2.89 bits per heavy atom. The summed E-state index contributed by atoms with van der Waals surface area (Å²) in [6.07, 6.45) is 0. The molecule has 0 aliphatic rings. The number of aromatic nitrogens is 1. The van der Waals surface area contributed by atoms with Gasteiger partial charge in [0.25, 0.3) is 0 Å². The van der Waals surface area contributed by atoms with Crippen LogP contribution in [-0.2, 0) is 6.54 Å². The molecule has 18 heavy (non-hydrogen) atoms. The minimum Gasteiger partial charge on any atom is -0.497 e. The molecule has 5 heteroatoms. The van der Waals surface area contributed by atoms with Crippen LogP contribution in [-0.4, -0.2) is 12.3 Å². The van der Waals surface area contributed by atoms with E-state index < -0.39 is 0 Å². The number of benzene rings is 1. The van der Waals surface area contributed by atoms with Crippen molar-refractivity contribution in [2.75, 3.05) is 12.4 Å². The first kappa shape index (κ1) is 12.0. The zero-order valence-corrected chi connectivity index (χ0v) is 10.2. The molecule has 0 radical (unpaired) electrons. The van der Waals surface area contributed by atoms with Crippen molar-refractivity contribution in [1.82, 2.24) is 5.16 Å². The summed E-state index contributed by atoms with van der Waals surface area (Å²) in [5.74, 6) is 1.46. The van der Waals surface area contributed by atoms with E-state index in [1.165, 1.54) is 0 Å². The van der Waals surface area contributed by atoms with E-state index in [-0.39, 0.29) is 0 Å². The molecule has 0 saturated heterocycles. The van der Waals surface area contributed by atoms with Gasteiger partial charge < -0.3 is 14.6 Å². The lowest BCUT2D eigenvalue weighted by Gasteiger charge is -2.08. The Morgan fingerprint density at radius 2 is 2.28 bits per heavy atom. The van der Waals surface area contributed by atoms with E-state index in [0.717, 1.165) is 17.1 Å². The van der Waals surface area contributed by atoms with Crippen molar-refractivity contribution >= 4 is 5.69 Å². The minimum atomic E-state index is 0.499. The molecule has 1 N–H and O–H groups in total. The number of anilines is 1. The van der Waals surface area contributed by atoms with Gasteiger partial charge in [-0.15, -0.1) is 0 Å². The van der Waals surface area contributed by atoms with Gasteiger partial charge in [0.15, 0.2) is 0 Å². The van der Waals surface area contributed by atoms with Crippen LogP contribution in [0.1, 0.15) is 17.0 Å². The van der Waals surface area contributed by atoms with E-state index >= 15 is 0 Å². The van der Waals surface area contributed by atoms with Crippen molar-refractivity contribution in [1.29, 1.82) is 5.26 Å². The Bertz CT molecular complexity index is 584. The largest absolute Gasteiger partial charge is 0.497 e. The van der Waals surface area contributed by atoms with Crippen molar-refractivity contribution in [3.05, 3.63) is 41.3 Å². The van der Waals surface area contributed by atoms with Gasteiger partial charge in [-0.1, -0.05) is 5.16 Å². The van der Waals surface area contributed by atoms with Crippen molar-refractivity contribution < 1.29 is 9.26 Å². The molecule has 2 rings (SSSR count). The lowest BCUT2D eigenvalue weighted by atomic mass is 10.2. The molecule has 1 aromatic heterocycles. The van der Waals surface area contributed by atoms with Gasteiger partial charge in [-0.2, -0.15) is 5.26 Å². The van der Waals surface area contributed by atoms with E-state index in [2.05, 4.69) is 16.5 Å². The third-order valence-corrected chi connectivity index (χ3v) is 2.48. The molecule has 1 aromatic carbocycles. The van der Waals surface area contributed by atoms with Crippen LogP contribution in [0.5, 0.6) is 5.75 Å². The summed E-state index contributed by atoms with van der Waals surface area (Å²) in [7, 11) is 1.59. The Labute approximate surface area is 105 Å². The first-order valence-electron chi connectivity index (χ1n) is 5.47. The molecule has 0 bridgehead atoms. The fraction of sp³-hybridized carbons (Fsp3) is 0.231. The summed E-state index contributed by atoms with van der Waals surface area (Å²) in [6.45, 7) is 2.34. The lowest BCUT2D eigenvalue weighted by Crippen LogP contribution is -2.01. The zero-order chi connectivity index (χ0) is 13.0. The van der Waals surface area contributed by atoms with Crippen LogP contribution >= 0.6 is 0 Å². The van der Waals surface area contributed by atoms with Crippen LogP contribution in [0.15, 0.2) is 28.8 Å². The lowest BCUT2D eigenvalue weighted by molar-refractivity contribution is 0.391. The van der Waals surface area contributed by atoms with Gasteiger partial charge in [0, 0.05) is 12.1 Å². The molecule has 2 aromatic rings. The molecule has 0 aliphatic carbocycles. The van der Waals surface area contributed by atoms with Crippen molar-refractivity contribution in [3.63, 3.8) is 0 Å². The maximum atomic E-state index is 9.02. The first-order valence-corrected chi connectivity index (χ1v) is 5.47. The fourth-order valence-corrected chi connectivity index (χ4v) is 1.58. The third kappa shape index (κ3) is 2.61. The molecule has 0 aliphatic heterocycles. The quantitative estimate of drug-likeness (QED) is 0.893. The maximum absolute atomic E-state index is 9.02. The molecule has 0 atom stereocenters. The molecule has 0 amide bonds. The number of nitriles is 1. The molecule has 92 valence electrons. The van der Waals surface area contributed by atoms with Crippen molar-refractivity contribution in [3.8, 4) is 11.8 Å². The fourth-order valence-electron chi connectivity index (χ4n) is 1.58. The van der Waals surface area contributed by atoms with Gasteiger partial charge in [0.2, 0.25) is 0 Å². The molecule has 0 unspecified atom stereocenters. The normalized spacial score (nSPS) is 9.83. The summed E-state index contributed by atoms with van der Waals surface area (Å²) in [5.41, 5.74) is 2.08. The standard InChI is InChI=1S/C13H13N3O2/c1-9-5-11(16-18-9)8-15-13-6-12(17-2)4-3-10(13)7-14/h3-6,15H,8H2,1-2H3. The third-order valence-electron chi connectivity index (χ3n) is 2.48. The van der Waals surface area contributed by atoms with Gasteiger partial charge in [0.1, 0.15) is 23.3 Å². The van der Waals surface area contributed by atoms with Crippen LogP contribution in [0.2, 0.25) is 0 Å². The van der Waals surface area contributed by atoms with E-state index in [9.17, 15) is 0 Å². The average Bonchev–Trinajstić information content (AvgIpc) is 2.81. The number of nitrogens with zero attached hydrogens (tertiary/aromatic N) is 2. The van der Waals surface area contributed by atoms with E-state index in [0.29, 0.717) is 17.9 Å². The number of hydrogen-bond donors (Lipinski definition) is 1. The summed E-state index contributed by atoms with van der Waals surface area (Å²) in [4.78, 5) is 0. The molecule has 0 spiro atoms. The highest BCUT2D eigenvalue weighted by atomic mass is 16.5. The van der Waals surface area contributed by atoms with Crippen LogP contribution in [0.4, 0.5) is 5.69 Å². The molecule has 0 saturated carbocycles. The summed E-state index contributed by atoms with van der Waals surface area (Å²) in [5, 5.41) is 16.0. The van der Waals surface area contributed by atoms with Gasteiger partial charge in [-0.3, -0.25) is 0 Å². The van der Waals surface area contributed by atoms with Gasteiger partial charge in [-0.05, 0) is 19.1 Å². The number of hydrogen-bond acceptors (Lipinski definition) is 5. The second kappa shape index (κ2) is 5.23. The SMILES string of the molecule is COc1ccc(C#N)c(NCc2cc(C)on2)c1. The molecule has 1 heterocycles. The smallest absolute Gasteiger partial charge is 0.133 e. The van der Waals surface area contributed by atoms with Gasteiger partial charge in [0.05, 0.1) is 24.9 Å². The topological polar surface area (TPSA) is 71.1 Å². The van der Waals surface area contributed by atoms with E-state index in [4.69, 9.17) is 14.5 Å². The Morgan fingerprint density at radius 1 is 1.44 bits per heavy atom. The first-order chi connectivity index (χ1) is 8.72. The predicted octanol–water partition coefficient (Wildman–Crippen LogP) is 2.48. The highest BCUT2D eigenvalue weighted by Crippen LogP contribution is 2.22. The molecule has 0 fully saturated rings. The zero-order valence-electron chi connectivity index (χ0n) is 10.2. The summed E-state index contributed by atoms with van der Waals surface area (Å²) in [6, 6.07) is 9.23. The number of nitrogens with one attached hydrogen (secondary N) is 1. The average molecular weight is 243 g/mol. The van der Waals surface area contributed by atoms with Crippen LogP contribution in [0.3, 0.4) is 0 Å². The number of ether oxygens (including phenoxy) is 1. The number of rotatable bonds is 4. The second-order valence-electron chi connectivity index (χ2n) is 3.81. The predicted molar refractivity (Wildman–Crippen MR) is 66.3 cm³/mol. The van der Waals surface area contributed by atoms with Gasteiger partial charge >= 0.3 is 0 Å². The molecular weight excluding hydrogens is 230 g/mol. The maximum Gasteiger partial charge on any atom is 0.133 e. The van der Waals surface area contributed by atoms with Crippen LogP contribution in [0, 0.1) is 18.3 Å². The number of methoxy groups -OCH3 is 1. The Kier molecular flexibility index (Phi) is 3.49. The van der Waals surface area contributed by atoms with Crippen molar-refractivity contribution in [2.45, 2.75) is 13.5 Å². The minimum absolute atomic E-state index is 0.499.